The van der Waals surface area contributed by atoms with Crippen molar-refractivity contribution in [3.05, 3.63) is 0 Å². The summed E-state index contributed by atoms with van der Waals surface area (Å²) in [7, 11) is 0. The first-order valence-corrected chi connectivity index (χ1v) is 5.35. The van der Waals surface area contributed by atoms with E-state index in [0.29, 0.717) is 21.0 Å². The van der Waals surface area contributed by atoms with Crippen LogP contribution in [0.2, 0.25) is 5.32 Å². The van der Waals surface area contributed by atoms with Crippen molar-refractivity contribution in [2.45, 2.75) is 31.1 Å². The number of nitrogens with zero attached hydrogens (tertiary/aromatic N) is 1. The van der Waals surface area contributed by atoms with Crippen LogP contribution in [-0.4, -0.2) is 25.7 Å². The normalized spacial score (nSPS) is 26.3. The minimum atomic E-state index is 0.528. The second-order valence-electron chi connectivity index (χ2n) is 2.22. The summed E-state index contributed by atoms with van der Waals surface area (Å²) in [5.74, 6) is 0. The van der Waals surface area contributed by atoms with E-state index in [1.807, 2.05) is 0 Å². The van der Waals surface area contributed by atoms with E-state index in [1.54, 1.807) is 0 Å². The maximum absolute atomic E-state index is 5.53. The quantitative estimate of drug-likeness (QED) is 0.638. The fraction of sp³-hybridized carbons (Fsp3) is 0.833. The molecule has 0 spiro atoms. The molecule has 0 aromatic rings. The first-order valence-electron chi connectivity index (χ1n) is 3.29. The van der Waals surface area contributed by atoms with Gasteiger partial charge in [-0.3, -0.25) is 0 Å². The molecular formula is C6H12N2Se. The summed E-state index contributed by atoms with van der Waals surface area (Å²) in [6.45, 7) is 2.19. The van der Waals surface area contributed by atoms with Crippen molar-refractivity contribution in [3.8, 4) is 0 Å². The number of rotatable bonds is 2. The van der Waals surface area contributed by atoms with Crippen LogP contribution in [0.3, 0.4) is 0 Å². The van der Waals surface area contributed by atoms with Crippen molar-refractivity contribution in [3.63, 3.8) is 0 Å². The molecule has 9 heavy (non-hydrogen) atoms. The molecule has 0 radical (unpaired) electrons. The third kappa shape index (κ3) is 1.99. The average molecular weight is 191 g/mol. The van der Waals surface area contributed by atoms with Crippen LogP contribution in [0.1, 0.15) is 19.8 Å². The van der Waals surface area contributed by atoms with Gasteiger partial charge in [-0.15, -0.1) is 0 Å². The topological polar surface area (TPSA) is 38.4 Å². The van der Waals surface area contributed by atoms with E-state index in [9.17, 15) is 0 Å². The van der Waals surface area contributed by atoms with Gasteiger partial charge in [-0.2, -0.15) is 0 Å². The molecule has 0 aromatic carbocycles. The third-order valence-corrected chi connectivity index (χ3v) is 3.35. The van der Waals surface area contributed by atoms with Crippen LogP contribution in [0.4, 0.5) is 0 Å². The molecule has 0 saturated heterocycles. The Kier molecular flexibility index (Phi) is 2.55. The van der Waals surface area contributed by atoms with Crippen molar-refractivity contribution in [2.75, 3.05) is 0 Å². The van der Waals surface area contributed by atoms with Crippen LogP contribution in [0.15, 0.2) is 4.99 Å². The SMILES string of the molecule is CCCC1C[Se]C(N)=N1. The molecule has 0 aliphatic carbocycles. The average Bonchev–Trinajstić information content (AvgIpc) is 2.17. The number of hydrogen-bond donors (Lipinski definition) is 1. The van der Waals surface area contributed by atoms with E-state index >= 15 is 0 Å². The van der Waals surface area contributed by atoms with Gasteiger partial charge in [0.15, 0.2) is 0 Å². The van der Waals surface area contributed by atoms with Gasteiger partial charge in [-0.25, -0.2) is 0 Å². The zero-order valence-corrected chi connectivity index (χ0v) is 7.34. The van der Waals surface area contributed by atoms with E-state index in [1.165, 1.54) is 18.2 Å². The molecule has 0 fully saturated rings. The molecule has 0 bridgehead atoms. The van der Waals surface area contributed by atoms with E-state index in [2.05, 4.69) is 11.9 Å². The number of aliphatic imine (C=N–C) groups is 1. The van der Waals surface area contributed by atoms with Gasteiger partial charge >= 0.3 is 61.5 Å². The summed E-state index contributed by atoms with van der Waals surface area (Å²) in [6, 6.07) is 0.579. The van der Waals surface area contributed by atoms with Gasteiger partial charge in [-0.05, 0) is 0 Å². The van der Waals surface area contributed by atoms with E-state index < -0.39 is 0 Å². The second-order valence-corrected chi connectivity index (χ2v) is 4.40. The molecule has 3 heteroatoms. The molecule has 1 rings (SSSR count). The Hall–Kier alpha value is -0.0105. The van der Waals surface area contributed by atoms with Crippen LogP contribution in [0, 0.1) is 0 Å². The van der Waals surface area contributed by atoms with Crippen LogP contribution in [0.5, 0.6) is 0 Å². The maximum atomic E-state index is 5.53. The zero-order valence-electron chi connectivity index (χ0n) is 5.63. The fourth-order valence-electron chi connectivity index (χ4n) is 0.917. The van der Waals surface area contributed by atoms with Gasteiger partial charge < -0.3 is 0 Å². The number of amidine groups is 1. The Morgan fingerprint density at radius 1 is 1.89 bits per heavy atom. The third-order valence-electron chi connectivity index (χ3n) is 1.36. The molecule has 52 valence electrons. The Morgan fingerprint density at radius 3 is 3.11 bits per heavy atom. The van der Waals surface area contributed by atoms with Crippen molar-refractivity contribution in [2.24, 2.45) is 10.7 Å². The second kappa shape index (κ2) is 3.23. The Labute approximate surface area is 62.1 Å². The van der Waals surface area contributed by atoms with Gasteiger partial charge in [-0.1, -0.05) is 0 Å². The van der Waals surface area contributed by atoms with Crippen LogP contribution >= 0.6 is 0 Å². The van der Waals surface area contributed by atoms with Crippen molar-refractivity contribution in [1.82, 2.24) is 0 Å². The molecular weight excluding hydrogens is 179 g/mol. The molecule has 1 aliphatic rings. The van der Waals surface area contributed by atoms with E-state index in [4.69, 9.17) is 5.73 Å². The van der Waals surface area contributed by atoms with Gasteiger partial charge in [0, 0.05) is 0 Å². The zero-order chi connectivity index (χ0) is 6.69. The minimum absolute atomic E-state index is 0.528. The Balaban J connectivity index is 2.29. The van der Waals surface area contributed by atoms with Crippen molar-refractivity contribution >= 4 is 19.7 Å². The molecule has 1 heterocycles. The first kappa shape index (κ1) is 7.10. The summed E-state index contributed by atoms with van der Waals surface area (Å²) < 4.78 is 0.918. The van der Waals surface area contributed by atoms with Gasteiger partial charge in [0.2, 0.25) is 0 Å². The molecule has 2 N–H and O–H groups in total. The Bertz CT molecular complexity index is 122. The molecule has 0 saturated carbocycles. The van der Waals surface area contributed by atoms with Crippen LogP contribution < -0.4 is 5.73 Å². The number of nitrogens with two attached hydrogens (primary N) is 1. The molecule has 1 unspecified atom stereocenters. The van der Waals surface area contributed by atoms with Crippen molar-refractivity contribution in [1.29, 1.82) is 0 Å². The monoisotopic (exact) mass is 192 g/mol. The summed E-state index contributed by atoms with van der Waals surface area (Å²) in [5.41, 5.74) is 5.53. The van der Waals surface area contributed by atoms with E-state index in [0.717, 1.165) is 4.73 Å². The fourth-order valence-corrected chi connectivity index (χ4v) is 2.65. The van der Waals surface area contributed by atoms with Gasteiger partial charge in [0.1, 0.15) is 0 Å². The van der Waals surface area contributed by atoms with Gasteiger partial charge in [0.05, 0.1) is 0 Å². The van der Waals surface area contributed by atoms with Gasteiger partial charge in [0.25, 0.3) is 0 Å². The molecule has 1 atom stereocenters. The summed E-state index contributed by atoms with van der Waals surface area (Å²) in [6.07, 6.45) is 2.46. The van der Waals surface area contributed by atoms with E-state index in [-0.39, 0.29) is 0 Å². The summed E-state index contributed by atoms with van der Waals surface area (Å²) in [4.78, 5) is 4.30. The number of hydrogen-bond acceptors (Lipinski definition) is 2. The summed E-state index contributed by atoms with van der Waals surface area (Å²) >= 11 is 0.528. The standard InChI is InChI=1S/C6H12N2Se/c1-2-3-5-4-9-6(7)8-5/h5H,2-4H2,1H3,(H2,7,8). The van der Waals surface area contributed by atoms with Crippen LogP contribution in [0.25, 0.3) is 0 Å². The molecule has 1 aliphatic heterocycles. The van der Waals surface area contributed by atoms with Crippen LogP contribution in [-0.2, 0) is 0 Å². The Morgan fingerprint density at radius 2 is 2.67 bits per heavy atom. The summed E-state index contributed by atoms with van der Waals surface area (Å²) in [5, 5.41) is 1.24. The predicted molar refractivity (Wildman–Crippen MR) is 40.9 cm³/mol. The first-order chi connectivity index (χ1) is 4.33. The molecule has 2 nitrogen and oxygen atoms in total. The predicted octanol–water partition coefficient (Wildman–Crippen LogP) is 0.606. The van der Waals surface area contributed by atoms with Crippen molar-refractivity contribution < 1.29 is 0 Å². The molecule has 0 amide bonds. The molecule has 0 aromatic heterocycles.